The van der Waals surface area contributed by atoms with Crippen LogP contribution in [0.25, 0.3) is 0 Å². The first kappa shape index (κ1) is 20.8. The lowest BCUT2D eigenvalue weighted by molar-refractivity contribution is 0.292. The van der Waals surface area contributed by atoms with Gasteiger partial charge in [-0.3, -0.25) is 0 Å². The molecule has 0 heterocycles. The van der Waals surface area contributed by atoms with Crippen molar-refractivity contribution in [2.24, 2.45) is 0 Å². The number of aliphatic hydroxyl groups is 1. The average Bonchev–Trinajstić information content (AvgIpc) is 2.38. The molecule has 3 N–H and O–H groups in total. The zero-order valence-corrected chi connectivity index (χ0v) is 12.9. The van der Waals surface area contributed by atoms with Crippen molar-refractivity contribution in [1.82, 2.24) is 10.6 Å². The van der Waals surface area contributed by atoms with Crippen LogP contribution in [0, 0.1) is 0 Å². The zero-order valence-electron chi connectivity index (χ0n) is 11.2. The fraction of sp³-hybridized carbons (Fsp3) is 0.538. The fourth-order valence-electron chi connectivity index (χ4n) is 1.56. The second-order valence-electron chi connectivity index (χ2n) is 3.86. The van der Waals surface area contributed by atoms with Crippen molar-refractivity contribution in [3.8, 4) is 5.75 Å². The van der Waals surface area contributed by atoms with Crippen LogP contribution in [0.5, 0.6) is 5.75 Å². The van der Waals surface area contributed by atoms with Crippen LogP contribution < -0.4 is 15.4 Å². The third-order valence-corrected chi connectivity index (χ3v) is 2.46. The van der Waals surface area contributed by atoms with Crippen LogP contribution in [0.3, 0.4) is 0 Å². The highest BCUT2D eigenvalue weighted by Gasteiger charge is 1.95. The van der Waals surface area contributed by atoms with Gasteiger partial charge in [0.25, 0.3) is 0 Å². The van der Waals surface area contributed by atoms with Crippen molar-refractivity contribution in [1.29, 1.82) is 0 Å². The van der Waals surface area contributed by atoms with Crippen molar-refractivity contribution in [3.63, 3.8) is 0 Å². The highest BCUT2D eigenvalue weighted by molar-refractivity contribution is 5.85. The van der Waals surface area contributed by atoms with E-state index in [1.54, 1.807) is 7.11 Å². The van der Waals surface area contributed by atoms with E-state index in [1.807, 2.05) is 18.2 Å². The van der Waals surface area contributed by atoms with Gasteiger partial charge in [0.05, 0.1) is 13.7 Å². The lowest BCUT2D eigenvalue weighted by Crippen LogP contribution is -2.23. The molecule has 0 atom stereocenters. The molecular weight excluding hydrogens is 287 g/mol. The van der Waals surface area contributed by atoms with Gasteiger partial charge in [-0.1, -0.05) is 12.1 Å². The molecule has 4 nitrogen and oxygen atoms in total. The highest BCUT2D eigenvalue weighted by Crippen LogP contribution is 2.11. The molecular formula is C13H24Cl2N2O2. The Bertz CT molecular complexity index is 314. The van der Waals surface area contributed by atoms with Gasteiger partial charge in [0.1, 0.15) is 5.75 Å². The van der Waals surface area contributed by atoms with Crippen molar-refractivity contribution >= 4 is 24.8 Å². The molecule has 1 aromatic rings. The molecule has 0 radical (unpaired) electrons. The summed E-state index contributed by atoms with van der Waals surface area (Å²) in [6.45, 7) is 3.64. The Hall–Kier alpha value is -0.520. The standard InChI is InChI=1S/C13H22N2O2.2ClH/c1-17-13-5-2-4-12(10-13)11-15-7-3-6-14-8-9-16;;/h2,4-5,10,14-16H,3,6-9,11H2,1H3;2*1H. The second kappa shape index (κ2) is 13.9. The molecule has 0 fully saturated rings. The van der Waals surface area contributed by atoms with E-state index in [1.165, 1.54) is 5.56 Å². The number of nitrogens with one attached hydrogen (secondary N) is 2. The van der Waals surface area contributed by atoms with E-state index in [4.69, 9.17) is 9.84 Å². The van der Waals surface area contributed by atoms with E-state index >= 15 is 0 Å². The minimum absolute atomic E-state index is 0. The summed E-state index contributed by atoms with van der Waals surface area (Å²) in [6, 6.07) is 8.07. The number of hydrogen-bond acceptors (Lipinski definition) is 4. The summed E-state index contributed by atoms with van der Waals surface area (Å²) in [6.07, 6.45) is 1.06. The van der Waals surface area contributed by atoms with Gasteiger partial charge in [0, 0.05) is 13.1 Å². The Kier molecular flexibility index (Phi) is 15.2. The Morgan fingerprint density at radius 2 is 1.84 bits per heavy atom. The molecule has 1 aromatic carbocycles. The Balaban J connectivity index is 0. The quantitative estimate of drug-likeness (QED) is 0.607. The molecule has 0 saturated heterocycles. The maximum absolute atomic E-state index is 8.58. The Morgan fingerprint density at radius 1 is 1.11 bits per heavy atom. The molecule has 0 saturated carbocycles. The van der Waals surface area contributed by atoms with Gasteiger partial charge >= 0.3 is 0 Å². The van der Waals surface area contributed by atoms with Crippen LogP contribution in [0.2, 0.25) is 0 Å². The number of methoxy groups -OCH3 is 1. The molecule has 0 aromatic heterocycles. The van der Waals surface area contributed by atoms with Gasteiger partial charge in [0.15, 0.2) is 0 Å². The largest absolute Gasteiger partial charge is 0.497 e. The Morgan fingerprint density at radius 3 is 2.53 bits per heavy atom. The first-order chi connectivity index (χ1) is 8.36. The number of hydrogen-bond donors (Lipinski definition) is 3. The number of aliphatic hydroxyl groups excluding tert-OH is 1. The van der Waals surface area contributed by atoms with Crippen molar-refractivity contribution in [2.75, 3.05) is 33.4 Å². The summed E-state index contributed by atoms with van der Waals surface area (Å²) < 4.78 is 5.17. The van der Waals surface area contributed by atoms with Crippen LogP contribution >= 0.6 is 24.8 Å². The van der Waals surface area contributed by atoms with E-state index in [0.717, 1.165) is 31.8 Å². The van der Waals surface area contributed by atoms with E-state index in [-0.39, 0.29) is 31.4 Å². The first-order valence-electron chi connectivity index (χ1n) is 6.02. The maximum Gasteiger partial charge on any atom is 0.119 e. The van der Waals surface area contributed by atoms with Crippen LogP contribution in [0.4, 0.5) is 0 Å². The number of benzene rings is 1. The van der Waals surface area contributed by atoms with Crippen molar-refractivity contribution in [2.45, 2.75) is 13.0 Å². The summed E-state index contributed by atoms with van der Waals surface area (Å²) in [5.74, 6) is 0.897. The Labute approximate surface area is 127 Å². The number of ether oxygens (including phenoxy) is 1. The maximum atomic E-state index is 8.58. The predicted molar refractivity (Wildman–Crippen MR) is 83.8 cm³/mol. The SMILES string of the molecule is COc1cccc(CNCCCNCCO)c1.Cl.Cl. The molecule has 0 aliphatic carbocycles. The molecule has 19 heavy (non-hydrogen) atoms. The summed E-state index contributed by atoms with van der Waals surface area (Å²) >= 11 is 0. The summed E-state index contributed by atoms with van der Waals surface area (Å²) in [5, 5.41) is 15.1. The molecule has 0 unspecified atom stereocenters. The van der Waals surface area contributed by atoms with Gasteiger partial charge < -0.3 is 20.5 Å². The van der Waals surface area contributed by atoms with E-state index in [9.17, 15) is 0 Å². The zero-order chi connectivity index (χ0) is 12.3. The summed E-state index contributed by atoms with van der Waals surface area (Å²) in [4.78, 5) is 0. The predicted octanol–water partition coefficient (Wildman–Crippen LogP) is 1.60. The van der Waals surface area contributed by atoms with E-state index in [0.29, 0.717) is 6.54 Å². The molecule has 1 rings (SSSR count). The second-order valence-corrected chi connectivity index (χ2v) is 3.86. The van der Waals surface area contributed by atoms with Crippen LogP contribution in [0.1, 0.15) is 12.0 Å². The van der Waals surface area contributed by atoms with Crippen LogP contribution in [-0.4, -0.2) is 38.5 Å². The molecule has 0 amide bonds. The van der Waals surface area contributed by atoms with Crippen LogP contribution in [0.15, 0.2) is 24.3 Å². The van der Waals surface area contributed by atoms with Gasteiger partial charge in [-0.15, -0.1) is 24.8 Å². The van der Waals surface area contributed by atoms with Crippen molar-refractivity contribution < 1.29 is 9.84 Å². The lowest BCUT2D eigenvalue weighted by Gasteiger charge is -2.07. The lowest BCUT2D eigenvalue weighted by atomic mass is 10.2. The van der Waals surface area contributed by atoms with Gasteiger partial charge in [-0.25, -0.2) is 0 Å². The highest BCUT2D eigenvalue weighted by atomic mass is 35.5. The molecule has 112 valence electrons. The van der Waals surface area contributed by atoms with Gasteiger partial charge in [-0.2, -0.15) is 0 Å². The minimum atomic E-state index is 0. The van der Waals surface area contributed by atoms with Gasteiger partial charge in [0.2, 0.25) is 0 Å². The molecule has 0 bridgehead atoms. The average molecular weight is 311 g/mol. The van der Waals surface area contributed by atoms with E-state index < -0.39 is 0 Å². The third-order valence-electron chi connectivity index (χ3n) is 2.46. The third kappa shape index (κ3) is 9.99. The number of rotatable bonds is 9. The smallest absolute Gasteiger partial charge is 0.119 e. The topological polar surface area (TPSA) is 53.5 Å². The molecule has 6 heteroatoms. The monoisotopic (exact) mass is 310 g/mol. The summed E-state index contributed by atoms with van der Waals surface area (Å²) in [7, 11) is 1.68. The van der Waals surface area contributed by atoms with E-state index in [2.05, 4.69) is 16.7 Å². The molecule has 0 spiro atoms. The van der Waals surface area contributed by atoms with Crippen LogP contribution in [-0.2, 0) is 6.54 Å². The molecule has 0 aliphatic heterocycles. The van der Waals surface area contributed by atoms with Gasteiger partial charge in [-0.05, 0) is 37.2 Å². The summed E-state index contributed by atoms with van der Waals surface area (Å²) in [5.41, 5.74) is 1.23. The minimum Gasteiger partial charge on any atom is -0.497 e. The van der Waals surface area contributed by atoms with Crippen molar-refractivity contribution in [3.05, 3.63) is 29.8 Å². The first-order valence-corrected chi connectivity index (χ1v) is 6.02. The fourth-order valence-corrected chi connectivity index (χ4v) is 1.56. The number of halogens is 2. The normalized spacial score (nSPS) is 9.37. The molecule has 0 aliphatic rings.